The van der Waals surface area contributed by atoms with Crippen LogP contribution in [0.25, 0.3) is 0 Å². The van der Waals surface area contributed by atoms with Crippen molar-refractivity contribution in [3.8, 4) is 0 Å². The first-order valence-electron chi connectivity index (χ1n) is 2.61. The lowest BCUT2D eigenvalue weighted by atomic mass is 10.4. The van der Waals surface area contributed by atoms with E-state index in [0.29, 0.717) is 6.04 Å². The third kappa shape index (κ3) is 0.823. The van der Waals surface area contributed by atoms with Crippen molar-refractivity contribution in [1.29, 1.82) is 0 Å². The summed E-state index contributed by atoms with van der Waals surface area (Å²) in [5, 5.41) is 0.206. The molecule has 0 bridgehead atoms. The highest BCUT2D eigenvalue weighted by molar-refractivity contribution is 8.13. The molecule has 1 heterocycles. The van der Waals surface area contributed by atoms with E-state index in [4.69, 9.17) is 0 Å². The van der Waals surface area contributed by atoms with E-state index < -0.39 is 0 Å². The average Bonchev–Trinajstić information content (AvgIpc) is 1.98. The van der Waals surface area contributed by atoms with Gasteiger partial charge in [0.25, 0.3) is 5.24 Å². The minimum absolute atomic E-state index is 0.206. The van der Waals surface area contributed by atoms with Crippen LogP contribution in [0, 0.1) is 0 Å². The van der Waals surface area contributed by atoms with Crippen molar-refractivity contribution in [2.24, 2.45) is 0 Å². The Morgan fingerprint density at radius 2 is 2.50 bits per heavy atom. The maximum Gasteiger partial charge on any atom is 0.281 e. The highest BCUT2D eigenvalue weighted by Crippen LogP contribution is 2.20. The Morgan fingerprint density at radius 3 is 2.62 bits per heavy atom. The van der Waals surface area contributed by atoms with Crippen LogP contribution in [0.4, 0.5) is 4.79 Å². The molecule has 1 saturated heterocycles. The summed E-state index contributed by atoms with van der Waals surface area (Å²) in [5.74, 6) is 0.954. The average molecular weight is 131 g/mol. The van der Waals surface area contributed by atoms with Crippen LogP contribution in [0.1, 0.15) is 6.92 Å². The number of hydrogen-bond acceptors (Lipinski definition) is 2. The van der Waals surface area contributed by atoms with Gasteiger partial charge >= 0.3 is 0 Å². The summed E-state index contributed by atoms with van der Waals surface area (Å²) in [6.45, 7) is 2.05. The van der Waals surface area contributed by atoms with Crippen molar-refractivity contribution >= 4 is 17.0 Å². The van der Waals surface area contributed by atoms with Gasteiger partial charge in [0.05, 0.1) is 0 Å². The van der Waals surface area contributed by atoms with Crippen LogP contribution >= 0.6 is 11.8 Å². The van der Waals surface area contributed by atoms with Crippen molar-refractivity contribution in [1.82, 2.24) is 4.90 Å². The number of thioether (sulfide) groups is 1. The molecule has 2 nitrogen and oxygen atoms in total. The molecule has 0 aromatic rings. The molecule has 1 rings (SSSR count). The second-order valence-corrected chi connectivity index (χ2v) is 3.01. The predicted octanol–water partition coefficient (Wildman–Crippen LogP) is 1.17. The number of hydrogen-bond donors (Lipinski definition) is 0. The van der Waals surface area contributed by atoms with Gasteiger partial charge in [0, 0.05) is 18.8 Å². The van der Waals surface area contributed by atoms with Crippen LogP contribution < -0.4 is 0 Å². The van der Waals surface area contributed by atoms with Gasteiger partial charge in [0.1, 0.15) is 0 Å². The normalized spacial score (nSPS) is 29.5. The lowest BCUT2D eigenvalue weighted by Crippen LogP contribution is -2.25. The number of nitrogens with zero attached hydrogens (tertiary/aromatic N) is 1. The lowest BCUT2D eigenvalue weighted by molar-refractivity contribution is 0.228. The minimum atomic E-state index is 0.206. The zero-order valence-corrected chi connectivity index (χ0v) is 5.86. The fourth-order valence-electron chi connectivity index (χ4n) is 0.585. The van der Waals surface area contributed by atoms with Gasteiger partial charge in [-0.25, -0.2) is 0 Å². The number of rotatable bonds is 0. The molecule has 1 aliphatic rings. The quantitative estimate of drug-likeness (QED) is 0.492. The predicted molar refractivity (Wildman–Crippen MR) is 35.1 cm³/mol. The molecule has 0 aromatic heterocycles. The molecule has 1 amide bonds. The Bertz CT molecular complexity index is 115. The molecule has 0 spiro atoms. The summed E-state index contributed by atoms with van der Waals surface area (Å²) in [4.78, 5) is 12.4. The van der Waals surface area contributed by atoms with E-state index >= 15 is 0 Å². The van der Waals surface area contributed by atoms with E-state index in [0.717, 1.165) is 5.75 Å². The molecule has 1 aliphatic heterocycles. The van der Waals surface area contributed by atoms with E-state index in [1.54, 1.807) is 4.90 Å². The Kier molecular flexibility index (Phi) is 1.47. The molecule has 1 atom stereocenters. The van der Waals surface area contributed by atoms with E-state index in [1.807, 2.05) is 7.05 Å². The van der Waals surface area contributed by atoms with Crippen molar-refractivity contribution < 1.29 is 4.79 Å². The summed E-state index contributed by atoms with van der Waals surface area (Å²) in [6, 6.07) is 0.437. The highest BCUT2D eigenvalue weighted by Gasteiger charge is 2.23. The van der Waals surface area contributed by atoms with E-state index in [9.17, 15) is 4.79 Å². The van der Waals surface area contributed by atoms with Crippen molar-refractivity contribution in [3.05, 3.63) is 0 Å². The molecule has 3 heteroatoms. The topological polar surface area (TPSA) is 20.3 Å². The Hall–Kier alpha value is -0.180. The first-order chi connectivity index (χ1) is 3.72. The first-order valence-corrected chi connectivity index (χ1v) is 3.60. The molecular formula is C5H9NOS. The second-order valence-electron chi connectivity index (χ2n) is 2.04. The number of amides is 1. The third-order valence-electron chi connectivity index (χ3n) is 1.40. The molecule has 0 unspecified atom stereocenters. The van der Waals surface area contributed by atoms with E-state index in [2.05, 4.69) is 6.92 Å². The van der Waals surface area contributed by atoms with Gasteiger partial charge in [-0.3, -0.25) is 4.79 Å². The molecule has 1 fully saturated rings. The smallest absolute Gasteiger partial charge is 0.281 e. The van der Waals surface area contributed by atoms with Crippen LogP contribution in [0.5, 0.6) is 0 Å². The zero-order chi connectivity index (χ0) is 6.15. The van der Waals surface area contributed by atoms with Crippen LogP contribution in [0.15, 0.2) is 0 Å². The fourth-order valence-corrected chi connectivity index (χ4v) is 1.58. The number of carbonyl (C=O) groups excluding carboxylic acids is 1. The van der Waals surface area contributed by atoms with E-state index in [-0.39, 0.29) is 5.24 Å². The van der Waals surface area contributed by atoms with Gasteiger partial charge in [-0.15, -0.1) is 0 Å². The summed E-state index contributed by atoms with van der Waals surface area (Å²) < 4.78 is 0. The Morgan fingerprint density at radius 1 is 1.88 bits per heavy atom. The number of carbonyl (C=O) groups is 1. The maximum atomic E-state index is 10.7. The van der Waals surface area contributed by atoms with Gasteiger partial charge in [-0.05, 0) is 6.92 Å². The second kappa shape index (κ2) is 1.97. The van der Waals surface area contributed by atoms with Crippen LogP contribution in [-0.2, 0) is 0 Å². The molecule has 0 saturated carbocycles. The molecule has 0 radical (unpaired) electrons. The molecule has 46 valence electrons. The minimum Gasteiger partial charge on any atom is -0.333 e. The van der Waals surface area contributed by atoms with Crippen LogP contribution in [-0.4, -0.2) is 29.0 Å². The summed E-state index contributed by atoms with van der Waals surface area (Å²) in [7, 11) is 1.84. The van der Waals surface area contributed by atoms with Crippen LogP contribution in [0.2, 0.25) is 0 Å². The SMILES string of the molecule is C[C@@H]1CSC(=O)N1C. The van der Waals surface area contributed by atoms with Gasteiger partial charge < -0.3 is 4.90 Å². The van der Waals surface area contributed by atoms with Crippen molar-refractivity contribution in [3.63, 3.8) is 0 Å². The molecular weight excluding hydrogens is 122 g/mol. The Balaban J connectivity index is 2.56. The summed E-state index contributed by atoms with van der Waals surface area (Å²) >= 11 is 1.40. The maximum absolute atomic E-state index is 10.7. The van der Waals surface area contributed by atoms with Gasteiger partial charge in [0.2, 0.25) is 0 Å². The third-order valence-corrected chi connectivity index (χ3v) is 2.58. The van der Waals surface area contributed by atoms with Gasteiger partial charge in [-0.2, -0.15) is 0 Å². The van der Waals surface area contributed by atoms with Crippen molar-refractivity contribution in [2.75, 3.05) is 12.8 Å². The van der Waals surface area contributed by atoms with Crippen molar-refractivity contribution in [2.45, 2.75) is 13.0 Å². The standard InChI is InChI=1S/C5H9NOS/c1-4-3-8-5(7)6(4)2/h4H,3H2,1-2H3/t4-/m1/s1. The molecule has 0 aromatic carbocycles. The van der Waals surface area contributed by atoms with Gasteiger partial charge in [0.15, 0.2) is 0 Å². The van der Waals surface area contributed by atoms with Gasteiger partial charge in [-0.1, -0.05) is 11.8 Å². The summed E-state index contributed by atoms with van der Waals surface area (Å²) in [6.07, 6.45) is 0. The lowest BCUT2D eigenvalue weighted by Gasteiger charge is -2.11. The van der Waals surface area contributed by atoms with E-state index in [1.165, 1.54) is 11.8 Å². The summed E-state index contributed by atoms with van der Waals surface area (Å²) in [5.41, 5.74) is 0. The fraction of sp³-hybridized carbons (Fsp3) is 0.800. The first kappa shape index (κ1) is 5.95. The largest absolute Gasteiger partial charge is 0.333 e. The monoisotopic (exact) mass is 131 g/mol. The zero-order valence-electron chi connectivity index (χ0n) is 5.05. The molecule has 8 heavy (non-hydrogen) atoms. The van der Waals surface area contributed by atoms with Crippen LogP contribution in [0.3, 0.4) is 0 Å². The molecule has 0 aliphatic carbocycles. The molecule has 0 N–H and O–H groups in total. The highest BCUT2D eigenvalue weighted by atomic mass is 32.2. The Labute approximate surface area is 53.2 Å².